The molecule has 2 heterocycles. The minimum atomic E-state index is -0.171. The summed E-state index contributed by atoms with van der Waals surface area (Å²) >= 11 is 6.21. The lowest BCUT2D eigenvalue weighted by Gasteiger charge is -2.21. The van der Waals surface area contributed by atoms with Crippen LogP contribution in [-0.4, -0.2) is 27.5 Å². The smallest absolute Gasteiger partial charge is 0.249 e. The molecule has 0 N–H and O–H groups in total. The molecule has 1 aliphatic heterocycles. The lowest BCUT2D eigenvalue weighted by Crippen LogP contribution is -2.32. The molecule has 1 amide bonds. The molecule has 6 heteroatoms. The second kappa shape index (κ2) is 7.30. The third-order valence-electron chi connectivity index (χ3n) is 4.61. The first-order chi connectivity index (χ1) is 12.7. The van der Waals surface area contributed by atoms with E-state index in [2.05, 4.69) is 10.1 Å². The molecule has 0 unspecified atom stereocenters. The van der Waals surface area contributed by atoms with Gasteiger partial charge in [-0.15, -0.1) is 0 Å². The van der Waals surface area contributed by atoms with Gasteiger partial charge >= 0.3 is 0 Å². The Hall–Kier alpha value is -2.66. The molecule has 0 bridgehead atoms. The molecule has 1 saturated heterocycles. The van der Waals surface area contributed by atoms with Crippen LogP contribution in [0.4, 0.5) is 0 Å². The minimum absolute atomic E-state index is 0.0798. The summed E-state index contributed by atoms with van der Waals surface area (Å²) < 4.78 is 5.47. The fourth-order valence-corrected chi connectivity index (χ4v) is 3.54. The molecule has 132 valence electrons. The van der Waals surface area contributed by atoms with E-state index in [-0.39, 0.29) is 11.9 Å². The average Bonchev–Trinajstić information content (AvgIpc) is 3.32. The second-order valence-electron chi connectivity index (χ2n) is 6.34. The summed E-state index contributed by atoms with van der Waals surface area (Å²) in [5.74, 6) is 1.00. The van der Waals surface area contributed by atoms with Gasteiger partial charge in [-0.3, -0.25) is 4.79 Å². The van der Waals surface area contributed by atoms with E-state index in [9.17, 15) is 4.79 Å². The Morgan fingerprint density at radius 3 is 2.73 bits per heavy atom. The predicted molar refractivity (Wildman–Crippen MR) is 98.6 cm³/mol. The Bertz CT molecular complexity index is 910. The molecule has 1 atom stereocenters. The van der Waals surface area contributed by atoms with E-state index < -0.39 is 0 Å². The Morgan fingerprint density at radius 1 is 1.15 bits per heavy atom. The number of halogens is 1. The highest BCUT2D eigenvalue weighted by atomic mass is 35.5. The summed E-state index contributed by atoms with van der Waals surface area (Å²) in [4.78, 5) is 19.1. The zero-order valence-electron chi connectivity index (χ0n) is 14.1. The normalized spacial score (nSPS) is 16.8. The second-order valence-corrected chi connectivity index (χ2v) is 6.75. The first-order valence-corrected chi connectivity index (χ1v) is 9.02. The van der Waals surface area contributed by atoms with E-state index in [0.29, 0.717) is 29.7 Å². The molecule has 26 heavy (non-hydrogen) atoms. The number of amides is 1. The van der Waals surface area contributed by atoms with Crippen LogP contribution < -0.4 is 0 Å². The van der Waals surface area contributed by atoms with Crippen LogP contribution in [0.25, 0.3) is 11.4 Å². The summed E-state index contributed by atoms with van der Waals surface area (Å²) in [6.07, 6.45) is 2.13. The zero-order valence-corrected chi connectivity index (χ0v) is 14.9. The number of rotatable bonds is 4. The standard InChI is InChI=1S/C20H18ClN3O2/c21-16-10-5-4-9-15(16)19-22-20(26-23-19)17-11-6-12-24(17)18(25)13-14-7-2-1-3-8-14/h1-5,7-10,17H,6,11-13H2/t17-/m1/s1. The Balaban J connectivity index is 1.54. The third-order valence-corrected chi connectivity index (χ3v) is 4.94. The van der Waals surface area contributed by atoms with Crippen molar-refractivity contribution in [3.05, 3.63) is 71.1 Å². The van der Waals surface area contributed by atoms with E-state index in [1.807, 2.05) is 53.4 Å². The summed E-state index contributed by atoms with van der Waals surface area (Å²) in [6.45, 7) is 0.708. The summed E-state index contributed by atoms with van der Waals surface area (Å²) in [5.41, 5.74) is 1.73. The highest BCUT2D eigenvalue weighted by molar-refractivity contribution is 6.33. The van der Waals surface area contributed by atoms with Gasteiger partial charge in [0.05, 0.1) is 11.4 Å². The van der Waals surface area contributed by atoms with Gasteiger partial charge in [0.25, 0.3) is 0 Å². The van der Waals surface area contributed by atoms with Gasteiger partial charge in [-0.25, -0.2) is 0 Å². The molecular formula is C20H18ClN3O2. The maximum absolute atomic E-state index is 12.7. The van der Waals surface area contributed by atoms with Crippen molar-refractivity contribution in [3.8, 4) is 11.4 Å². The lowest BCUT2D eigenvalue weighted by molar-refractivity contribution is -0.131. The Kier molecular flexibility index (Phi) is 4.71. The van der Waals surface area contributed by atoms with Crippen molar-refractivity contribution < 1.29 is 9.32 Å². The van der Waals surface area contributed by atoms with Crippen molar-refractivity contribution in [2.45, 2.75) is 25.3 Å². The molecule has 0 spiro atoms. The van der Waals surface area contributed by atoms with Crippen molar-refractivity contribution in [1.82, 2.24) is 15.0 Å². The Labute approximate surface area is 156 Å². The molecule has 0 aliphatic carbocycles. The van der Waals surface area contributed by atoms with Crippen LogP contribution in [0.2, 0.25) is 5.02 Å². The van der Waals surface area contributed by atoms with Crippen LogP contribution in [0.5, 0.6) is 0 Å². The number of benzene rings is 2. The molecule has 5 nitrogen and oxygen atoms in total. The van der Waals surface area contributed by atoms with Gasteiger partial charge in [0.15, 0.2) is 0 Å². The van der Waals surface area contributed by atoms with Crippen molar-refractivity contribution >= 4 is 17.5 Å². The number of hydrogen-bond acceptors (Lipinski definition) is 4. The third kappa shape index (κ3) is 3.35. The lowest BCUT2D eigenvalue weighted by atomic mass is 10.1. The van der Waals surface area contributed by atoms with E-state index >= 15 is 0 Å². The van der Waals surface area contributed by atoms with Gasteiger partial charge in [0.1, 0.15) is 6.04 Å². The van der Waals surface area contributed by atoms with Gasteiger partial charge < -0.3 is 9.42 Å². The summed E-state index contributed by atoms with van der Waals surface area (Å²) in [6, 6.07) is 17.0. The van der Waals surface area contributed by atoms with Crippen LogP contribution >= 0.6 is 11.6 Å². The van der Waals surface area contributed by atoms with E-state index in [0.717, 1.165) is 24.0 Å². The minimum Gasteiger partial charge on any atom is -0.337 e. The highest BCUT2D eigenvalue weighted by Crippen LogP contribution is 2.33. The topological polar surface area (TPSA) is 59.2 Å². The Morgan fingerprint density at radius 2 is 1.92 bits per heavy atom. The monoisotopic (exact) mass is 367 g/mol. The van der Waals surface area contributed by atoms with Gasteiger partial charge in [0.2, 0.25) is 17.6 Å². The molecule has 3 aromatic rings. The van der Waals surface area contributed by atoms with Gasteiger partial charge in [-0.2, -0.15) is 4.98 Å². The summed E-state index contributed by atoms with van der Waals surface area (Å²) in [7, 11) is 0. The first-order valence-electron chi connectivity index (χ1n) is 8.64. The molecule has 1 fully saturated rings. The van der Waals surface area contributed by atoms with Crippen molar-refractivity contribution in [3.63, 3.8) is 0 Å². The molecule has 2 aromatic carbocycles. The fourth-order valence-electron chi connectivity index (χ4n) is 3.32. The van der Waals surface area contributed by atoms with Crippen molar-refractivity contribution in [2.24, 2.45) is 0 Å². The molecular weight excluding hydrogens is 350 g/mol. The van der Waals surface area contributed by atoms with E-state index in [1.54, 1.807) is 6.07 Å². The summed E-state index contributed by atoms with van der Waals surface area (Å²) in [5, 5.41) is 4.63. The zero-order chi connectivity index (χ0) is 17.9. The predicted octanol–water partition coefficient (Wildman–Crippen LogP) is 4.30. The van der Waals surface area contributed by atoms with Crippen molar-refractivity contribution in [1.29, 1.82) is 0 Å². The largest absolute Gasteiger partial charge is 0.337 e. The quantitative estimate of drug-likeness (QED) is 0.690. The van der Waals surface area contributed by atoms with Gasteiger partial charge in [-0.1, -0.05) is 59.2 Å². The maximum atomic E-state index is 12.7. The molecule has 4 rings (SSSR count). The first kappa shape index (κ1) is 16.8. The number of likely N-dealkylation sites (tertiary alicyclic amines) is 1. The van der Waals surface area contributed by atoms with E-state index in [1.165, 1.54) is 0 Å². The number of carbonyl (C=O) groups excluding carboxylic acids is 1. The van der Waals surface area contributed by atoms with Gasteiger partial charge in [-0.05, 0) is 30.5 Å². The molecule has 0 radical (unpaired) electrons. The fraction of sp³-hybridized carbons (Fsp3) is 0.250. The number of carbonyl (C=O) groups is 1. The van der Waals surface area contributed by atoms with Crippen LogP contribution in [0.15, 0.2) is 59.1 Å². The molecule has 0 saturated carbocycles. The van der Waals surface area contributed by atoms with Crippen molar-refractivity contribution in [2.75, 3.05) is 6.54 Å². The van der Waals surface area contributed by atoms with E-state index in [4.69, 9.17) is 16.1 Å². The number of hydrogen-bond donors (Lipinski definition) is 0. The van der Waals surface area contributed by atoms with Crippen LogP contribution in [-0.2, 0) is 11.2 Å². The maximum Gasteiger partial charge on any atom is 0.249 e. The molecule has 1 aliphatic rings. The number of nitrogens with zero attached hydrogens (tertiary/aromatic N) is 3. The van der Waals surface area contributed by atoms with Crippen LogP contribution in [0, 0.1) is 0 Å². The highest BCUT2D eigenvalue weighted by Gasteiger charge is 2.34. The van der Waals surface area contributed by atoms with Crippen LogP contribution in [0.1, 0.15) is 30.3 Å². The SMILES string of the molecule is O=C(Cc1ccccc1)N1CCC[C@@H]1c1nc(-c2ccccc2Cl)no1. The average molecular weight is 368 g/mol. The van der Waals surface area contributed by atoms with Crippen LogP contribution in [0.3, 0.4) is 0 Å². The van der Waals surface area contributed by atoms with Gasteiger partial charge in [0, 0.05) is 12.1 Å². The molecule has 1 aromatic heterocycles. The number of aromatic nitrogens is 2.